The molecule has 2 heterocycles. The molecule has 0 atom stereocenters. The van der Waals surface area contributed by atoms with Crippen LogP contribution < -0.4 is 10.5 Å². The van der Waals surface area contributed by atoms with Crippen LogP contribution in [-0.4, -0.2) is 12.1 Å². The minimum Gasteiger partial charge on any atom is -0.493 e. The maximum atomic E-state index is 11.4. The van der Waals surface area contributed by atoms with Crippen LogP contribution in [0.5, 0.6) is 5.75 Å². The Morgan fingerprint density at radius 1 is 1.12 bits per heavy atom. The number of rotatable bonds is 3. The zero-order chi connectivity index (χ0) is 16.3. The van der Waals surface area contributed by atoms with E-state index in [1.54, 1.807) is 7.11 Å². The molecule has 5 heteroatoms. The third-order valence-corrected chi connectivity index (χ3v) is 4.60. The summed E-state index contributed by atoms with van der Waals surface area (Å²) in [6.07, 6.45) is 2.36. The van der Waals surface area contributed by atoms with E-state index in [0.717, 1.165) is 33.6 Å². The lowest BCUT2D eigenvalue weighted by molar-refractivity contribution is 0.407. The van der Waals surface area contributed by atoms with E-state index in [1.165, 1.54) is 12.8 Å². The van der Waals surface area contributed by atoms with E-state index in [4.69, 9.17) is 13.6 Å². The van der Waals surface area contributed by atoms with Gasteiger partial charge < -0.3 is 13.6 Å². The standard InChI is InChI=1S/C19H15NO4/c1-22-15-7-5-12(13-9-16(10-2-3-10)23-18(13)15)11-4-6-14-17(8-11)24-19(21)20-14/h4-10H,2-3H2,1H3,(H,20,21). The highest BCUT2D eigenvalue weighted by molar-refractivity contribution is 5.99. The number of benzene rings is 2. The lowest BCUT2D eigenvalue weighted by atomic mass is 10.0. The lowest BCUT2D eigenvalue weighted by Crippen LogP contribution is -1.92. The number of methoxy groups -OCH3 is 1. The van der Waals surface area contributed by atoms with Crippen LogP contribution in [0.4, 0.5) is 0 Å². The van der Waals surface area contributed by atoms with Crippen LogP contribution in [0.2, 0.25) is 0 Å². The van der Waals surface area contributed by atoms with E-state index in [9.17, 15) is 4.79 Å². The van der Waals surface area contributed by atoms with Gasteiger partial charge in [0.2, 0.25) is 0 Å². The van der Waals surface area contributed by atoms with Gasteiger partial charge in [0.05, 0.1) is 12.6 Å². The molecule has 5 rings (SSSR count). The number of aromatic amines is 1. The first-order chi connectivity index (χ1) is 11.7. The number of aromatic nitrogens is 1. The van der Waals surface area contributed by atoms with E-state index in [0.29, 0.717) is 17.0 Å². The van der Waals surface area contributed by atoms with Crippen molar-refractivity contribution in [2.24, 2.45) is 0 Å². The van der Waals surface area contributed by atoms with Gasteiger partial charge >= 0.3 is 5.76 Å². The Bertz CT molecular complexity index is 1130. The number of ether oxygens (including phenoxy) is 1. The number of hydrogen-bond acceptors (Lipinski definition) is 4. The zero-order valence-corrected chi connectivity index (χ0v) is 13.1. The molecule has 1 fully saturated rings. The van der Waals surface area contributed by atoms with Crippen molar-refractivity contribution in [2.45, 2.75) is 18.8 Å². The Morgan fingerprint density at radius 3 is 2.79 bits per heavy atom. The van der Waals surface area contributed by atoms with Gasteiger partial charge in [-0.15, -0.1) is 0 Å². The molecule has 1 saturated carbocycles. The summed E-state index contributed by atoms with van der Waals surface area (Å²) in [6.45, 7) is 0. The third kappa shape index (κ3) is 1.98. The van der Waals surface area contributed by atoms with Crippen molar-refractivity contribution in [3.63, 3.8) is 0 Å². The van der Waals surface area contributed by atoms with Gasteiger partial charge in [-0.3, -0.25) is 4.98 Å². The van der Waals surface area contributed by atoms with Crippen LogP contribution in [0.25, 0.3) is 33.2 Å². The predicted octanol–water partition coefficient (Wildman–Crippen LogP) is 4.42. The van der Waals surface area contributed by atoms with Crippen molar-refractivity contribution in [3.05, 3.63) is 52.7 Å². The number of hydrogen-bond donors (Lipinski definition) is 1. The Kier molecular flexibility index (Phi) is 2.68. The summed E-state index contributed by atoms with van der Waals surface area (Å²) in [7, 11) is 1.65. The molecule has 2 aromatic carbocycles. The topological polar surface area (TPSA) is 68.4 Å². The van der Waals surface area contributed by atoms with Gasteiger partial charge in [-0.05, 0) is 54.3 Å². The normalized spacial score (nSPS) is 14.5. The molecule has 0 unspecified atom stereocenters. The van der Waals surface area contributed by atoms with Crippen LogP contribution in [-0.2, 0) is 0 Å². The molecule has 1 N–H and O–H groups in total. The molecule has 120 valence electrons. The van der Waals surface area contributed by atoms with E-state index in [2.05, 4.69) is 11.1 Å². The van der Waals surface area contributed by atoms with Crippen molar-refractivity contribution < 1.29 is 13.6 Å². The van der Waals surface area contributed by atoms with Crippen molar-refractivity contribution in [1.29, 1.82) is 0 Å². The second kappa shape index (κ2) is 4.77. The first-order valence-electron chi connectivity index (χ1n) is 7.96. The molecule has 0 radical (unpaired) electrons. The quantitative estimate of drug-likeness (QED) is 0.606. The van der Waals surface area contributed by atoms with Crippen molar-refractivity contribution in [1.82, 2.24) is 4.98 Å². The fourth-order valence-electron chi connectivity index (χ4n) is 3.21. The van der Waals surface area contributed by atoms with Crippen LogP contribution in [0.3, 0.4) is 0 Å². The highest BCUT2D eigenvalue weighted by Crippen LogP contribution is 2.45. The molecule has 1 aliphatic rings. The van der Waals surface area contributed by atoms with Gasteiger partial charge in [-0.1, -0.05) is 6.07 Å². The summed E-state index contributed by atoms with van der Waals surface area (Å²) in [5.41, 5.74) is 4.02. The van der Waals surface area contributed by atoms with Gasteiger partial charge in [-0.2, -0.15) is 0 Å². The number of furan rings is 1. The minimum absolute atomic E-state index is 0.443. The molecule has 5 nitrogen and oxygen atoms in total. The molecule has 24 heavy (non-hydrogen) atoms. The molecule has 2 aromatic heterocycles. The fourth-order valence-corrected chi connectivity index (χ4v) is 3.21. The molecule has 0 bridgehead atoms. The molecular formula is C19H15NO4. The van der Waals surface area contributed by atoms with Gasteiger partial charge in [-0.25, -0.2) is 4.79 Å². The molecule has 0 saturated heterocycles. The van der Waals surface area contributed by atoms with Gasteiger partial charge in [0.1, 0.15) is 5.76 Å². The third-order valence-electron chi connectivity index (χ3n) is 4.60. The Labute approximate surface area is 136 Å². The summed E-state index contributed by atoms with van der Waals surface area (Å²) >= 11 is 0. The van der Waals surface area contributed by atoms with E-state index < -0.39 is 5.76 Å². The van der Waals surface area contributed by atoms with Gasteiger partial charge in [0.25, 0.3) is 0 Å². The Balaban J connectivity index is 1.76. The van der Waals surface area contributed by atoms with Gasteiger partial charge in [0.15, 0.2) is 16.9 Å². The number of H-pyrrole nitrogens is 1. The monoisotopic (exact) mass is 321 g/mol. The summed E-state index contributed by atoms with van der Waals surface area (Å²) < 4.78 is 16.7. The summed E-state index contributed by atoms with van der Waals surface area (Å²) in [5.74, 6) is 1.83. The average molecular weight is 321 g/mol. The first-order valence-corrected chi connectivity index (χ1v) is 7.96. The summed E-state index contributed by atoms with van der Waals surface area (Å²) in [6, 6.07) is 11.7. The second-order valence-corrected chi connectivity index (χ2v) is 6.21. The molecule has 4 aromatic rings. The van der Waals surface area contributed by atoms with Crippen LogP contribution in [0, 0.1) is 0 Å². The lowest BCUT2D eigenvalue weighted by Gasteiger charge is -2.06. The minimum atomic E-state index is -0.443. The fraction of sp³-hybridized carbons (Fsp3) is 0.211. The molecule has 0 spiro atoms. The smallest absolute Gasteiger partial charge is 0.417 e. The maximum absolute atomic E-state index is 11.4. The molecular weight excluding hydrogens is 306 g/mol. The van der Waals surface area contributed by atoms with E-state index in [-0.39, 0.29) is 0 Å². The second-order valence-electron chi connectivity index (χ2n) is 6.21. The largest absolute Gasteiger partial charge is 0.493 e. The first kappa shape index (κ1) is 13.5. The van der Waals surface area contributed by atoms with E-state index >= 15 is 0 Å². The average Bonchev–Trinajstić information content (AvgIpc) is 3.22. The maximum Gasteiger partial charge on any atom is 0.417 e. The number of oxazole rings is 1. The molecule has 0 amide bonds. The van der Waals surface area contributed by atoms with Crippen LogP contribution in [0.15, 0.2) is 50.0 Å². The highest BCUT2D eigenvalue weighted by Gasteiger charge is 2.28. The predicted molar refractivity (Wildman–Crippen MR) is 90.6 cm³/mol. The van der Waals surface area contributed by atoms with Crippen molar-refractivity contribution in [3.8, 4) is 16.9 Å². The SMILES string of the molecule is COc1ccc(-c2ccc3[nH]c(=O)oc3c2)c2cc(C3CC3)oc12. The molecule has 1 aliphatic carbocycles. The number of nitrogens with one attached hydrogen (secondary N) is 1. The Hall–Kier alpha value is -2.95. The van der Waals surface area contributed by atoms with Crippen LogP contribution in [0.1, 0.15) is 24.5 Å². The molecule has 0 aliphatic heterocycles. The highest BCUT2D eigenvalue weighted by atomic mass is 16.5. The van der Waals surface area contributed by atoms with E-state index in [1.807, 2.05) is 30.3 Å². The summed E-state index contributed by atoms with van der Waals surface area (Å²) in [5, 5.41) is 1.02. The van der Waals surface area contributed by atoms with Crippen LogP contribution >= 0.6 is 0 Å². The zero-order valence-electron chi connectivity index (χ0n) is 13.1. The summed E-state index contributed by atoms with van der Waals surface area (Å²) in [4.78, 5) is 14.0. The number of fused-ring (bicyclic) bond motifs is 2. The Morgan fingerprint density at radius 2 is 2.00 bits per heavy atom. The van der Waals surface area contributed by atoms with Crippen molar-refractivity contribution >= 4 is 22.1 Å². The van der Waals surface area contributed by atoms with Gasteiger partial charge in [0, 0.05) is 11.3 Å². The van der Waals surface area contributed by atoms with Crippen molar-refractivity contribution in [2.75, 3.05) is 7.11 Å².